The average Bonchev–Trinajstić information content (AvgIpc) is 3.60. The van der Waals surface area contributed by atoms with E-state index < -0.39 is 16.2 Å². The molecule has 9 heteroatoms. The number of fused-ring (bicyclic) bond motifs is 1. The van der Waals surface area contributed by atoms with Gasteiger partial charge in [0.2, 0.25) is 0 Å². The molecule has 0 aliphatic heterocycles. The van der Waals surface area contributed by atoms with Crippen molar-refractivity contribution in [3.05, 3.63) is 165 Å². The van der Waals surface area contributed by atoms with Crippen molar-refractivity contribution in [3.63, 3.8) is 0 Å². The lowest BCUT2D eigenvalue weighted by atomic mass is 9.71. The van der Waals surface area contributed by atoms with Gasteiger partial charge in [-0.1, -0.05) is 153 Å². The van der Waals surface area contributed by atoms with Crippen LogP contribution in [0.5, 0.6) is 11.5 Å². The summed E-state index contributed by atoms with van der Waals surface area (Å²) in [6.45, 7) is 19.4. The number of phenols is 2. The lowest BCUT2D eigenvalue weighted by Crippen LogP contribution is -2.25. The number of phenolic OH excluding ortho intramolecular Hbond substituents is 2. The van der Waals surface area contributed by atoms with Gasteiger partial charge in [0.25, 0.3) is 0 Å². The second-order valence-corrected chi connectivity index (χ2v) is 18.7. The summed E-state index contributed by atoms with van der Waals surface area (Å²) in [5.41, 5.74) is 14.4. The van der Waals surface area contributed by atoms with Crippen molar-refractivity contribution < 1.29 is 10.2 Å². The molecule has 0 radical (unpaired) electrons. The Morgan fingerprint density at radius 1 is 0.576 bits per heavy atom. The predicted octanol–water partition coefficient (Wildman–Crippen LogP) is 13.0. The molecule has 0 aliphatic rings. The number of hydrogen-bond donors (Lipinski definition) is 3. The molecule has 0 atom stereocenters. The van der Waals surface area contributed by atoms with Gasteiger partial charge < -0.3 is 15.9 Å². The van der Waals surface area contributed by atoms with Gasteiger partial charge in [0.15, 0.2) is 0 Å². The van der Waals surface area contributed by atoms with Crippen molar-refractivity contribution in [2.75, 3.05) is 5.73 Å². The standard InChI is InChI=1S/C50H53ClN6O2/c1-47(2,3)34-25-37(46(59)44(28-34)57-55-41-23-22-36(51)29-42(41)56-57)48(4,5)30-31-16-15-19-33(24-31)50(8,9)38-26-35(49(6,7)32-17-11-10-12-18-32)27-43(45(38)58)54-53-40-21-14-13-20-39(40)52/h10-29,58-59H,30,52H2,1-9H3. The third-order valence-electron chi connectivity index (χ3n) is 11.7. The van der Waals surface area contributed by atoms with Crippen molar-refractivity contribution in [2.24, 2.45) is 10.2 Å². The fraction of sp³-hybridized carbons (Fsp3) is 0.280. The number of azo groups is 1. The van der Waals surface area contributed by atoms with E-state index in [9.17, 15) is 10.2 Å². The molecular formula is C50H53ClN6O2. The Labute approximate surface area is 352 Å². The molecule has 0 bridgehead atoms. The van der Waals surface area contributed by atoms with E-state index in [1.807, 2.05) is 48.5 Å². The van der Waals surface area contributed by atoms with Gasteiger partial charge in [-0.25, -0.2) is 0 Å². The predicted molar refractivity (Wildman–Crippen MR) is 241 cm³/mol. The van der Waals surface area contributed by atoms with E-state index in [4.69, 9.17) is 27.5 Å². The number of para-hydroxylation sites is 1. The van der Waals surface area contributed by atoms with Crippen LogP contribution in [0, 0.1) is 0 Å². The Morgan fingerprint density at radius 3 is 1.93 bits per heavy atom. The Morgan fingerprint density at radius 2 is 1.22 bits per heavy atom. The lowest BCUT2D eigenvalue weighted by Gasteiger charge is -2.33. The number of nitrogens with zero attached hydrogens (tertiary/aromatic N) is 5. The lowest BCUT2D eigenvalue weighted by molar-refractivity contribution is 0.425. The van der Waals surface area contributed by atoms with E-state index >= 15 is 0 Å². The first kappa shape index (κ1) is 41.2. The molecule has 7 rings (SSSR count). The first-order valence-electron chi connectivity index (χ1n) is 20.0. The average molecular weight is 805 g/mol. The summed E-state index contributed by atoms with van der Waals surface area (Å²) in [7, 11) is 0. The Hall–Kier alpha value is -5.99. The summed E-state index contributed by atoms with van der Waals surface area (Å²) in [5, 5.41) is 43.2. The Kier molecular flexibility index (Phi) is 10.7. The van der Waals surface area contributed by atoms with E-state index in [1.54, 1.807) is 24.3 Å². The molecule has 0 aliphatic carbocycles. The zero-order chi connectivity index (χ0) is 42.5. The highest BCUT2D eigenvalue weighted by Crippen LogP contribution is 2.47. The van der Waals surface area contributed by atoms with Crippen LogP contribution in [-0.4, -0.2) is 25.2 Å². The molecule has 0 spiro atoms. The van der Waals surface area contributed by atoms with Gasteiger partial charge in [-0.2, -0.15) is 0 Å². The smallest absolute Gasteiger partial charge is 0.147 e. The molecule has 0 fully saturated rings. The number of hydrogen-bond acceptors (Lipinski definition) is 7. The van der Waals surface area contributed by atoms with Crippen molar-refractivity contribution in [1.29, 1.82) is 0 Å². The van der Waals surface area contributed by atoms with Crippen molar-refractivity contribution >= 4 is 39.7 Å². The van der Waals surface area contributed by atoms with Crippen molar-refractivity contribution in [2.45, 2.75) is 90.4 Å². The summed E-state index contributed by atoms with van der Waals surface area (Å²) >= 11 is 6.28. The maximum absolute atomic E-state index is 12.1. The molecule has 0 saturated heterocycles. The summed E-state index contributed by atoms with van der Waals surface area (Å²) in [6, 6.07) is 39.6. The van der Waals surface area contributed by atoms with Crippen LogP contribution in [-0.2, 0) is 28.1 Å². The minimum absolute atomic E-state index is 0.0604. The van der Waals surface area contributed by atoms with Crippen LogP contribution in [0.25, 0.3) is 16.7 Å². The molecule has 0 saturated carbocycles. The van der Waals surface area contributed by atoms with Gasteiger partial charge in [-0.3, -0.25) is 0 Å². The number of rotatable bonds is 10. The number of nitrogens with two attached hydrogens (primary N) is 1. The summed E-state index contributed by atoms with van der Waals surface area (Å²) in [4.78, 5) is 1.51. The van der Waals surface area contributed by atoms with Crippen LogP contribution >= 0.6 is 11.6 Å². The maximum Gasteiger partial charge on any atom is 0.147 e. The van der Waals surface area contributed by atoms with Gasteiger partial charge >= 0.3 is 0 Å². The second kappa shape index (κ2) is 15.3. The van der Waals surface area contributed by atoms with Crippen LogP contribution in [0.2, 0.25) is 5.02 Å². The zero-order valence-electron chi connectivity index (χ0n) is 35.3. The third kappa shape index (κ3) is 8.19. The highest BCUT2D eigenvalue weighted by Gasteiger charge is 2.34. The maximum atomic E-state index is 12.1. The van der Waals surface area contributed by atoms with E-state index in [-0.39, 0.29) is 16.9 Å². The highest BCUT2D eigenvalue weighted by molar-refractivity contribution is 6.31. The highest BCUT2D eigenvalue weighted by atomic mass is 35.5. The first-order chi connectivity index (χ1) is 27.8. The third-order valence-corrected chi connectivity index (χ3v) is 12.0. The van der Waals surface area contributed by atoms with Crippen LogP contribution in [0.15, 0.2) is 132 Å². The number of anilines is 1. The molecule has 59 heavy (non-hydrogen) atoms. The van der Waals surface area contributed by atoms with E-state index in [1.165, 1.54) is 4.80 Å². The largest absolute Gasteiger partial charge is 0.505 e. The molecule has 6 aromatic carbocycles. The molecule has 302 valence electrons. The topological polar surface area (TPSA) is 122 Å². The van der Waals surface area contributed by atoms with Crippen molar-refractivity contribution in [3.8, 4) is 17.2 Å². The minimum Gasteiger partial charge on any atom is -0.505 e. The van der Waals surface area contributed by atoms with E-state index in [0.717, 1.165) is 38.9 Å². The van der Waals surface area contributed by atoms with Gasteiger partial charge in [-0.15, -0.1) is 25.2 Å². The minimum atomic E-state index is -0.665. The van der Waals surface area contributed by atoms with Crippen molar-refractivity contribution in [1.82, 2.24) is 15.0 Å². The number of nitrogen functional groups attached to an aromatic ring is 1. The molecule has 8 nitrogen and oxygen atoms in total. The molecule has 1 aromatic heterocycles. The van der Waals surface area contributed by atoms with E-state index in [2.05, 4.69) is 121 Å². The monoisotopic (exact) mass is 804 g/mol. The summed E-state index contributed by atoms with van der Waals surface area (Å²) in [6.07, 6.45) is 0.618. The van der Waals surface area contributed by atoms with Gasteiger partial charge in [-0.05, 0) is 87.5 Å². The molecule has 1 heterocycles. The first-order valence-corrected chi connectivity index (χ1v) is 20.3. The SMILES string of the molecule is CC(C)(C)c1cc(-n2nc3ccc(Cl)cc3n2)c(O)c(C(C)(C)Cc2cccc(C(C)(C)c3cc(C(C)(C)c4ccccc4)cc(N=Nc4ccccc4N)c3O)c2)c1. The number of benzene rings is 6. The quantitative estimate of drug-likeness (QED) is 0.0938. The summed E-state index contributed by atoms with van der Waals surface area (Å²) in [5.74, 6) is 0.192. The molecule has 4 N–H and O–H groups in total. The van der Waals surface area contributed by atoms with Gasteiger partial charge in [0.05, 0.1) is 5.69 Å². The van der Waals surface area contributed by atoms with Crippen LogP contribution in [0.4, 0.5) is 17.1 Å². The normalized spacial score (nSPS) is 12.8. The van der Waals surface area contributed by atoms with Gasteiger partial charge in [0, 0.05) is 27.0 Å². The molecular weight excluding hydrogens is 752 g/mol. The second-order valence-electron chi connectivity index (χ2n) is 18.3. The number of aromatic hydroxyl groups is 2. The molecule has 0 amide bonds. The van der Waals surface area contributed by atoms with Crippen LogP contribution in [0.1, 0.15) is 101 Å². The molecule has 0 unspecified atom stereocenters. The number of halogens is 1. The van der Waals surface area contributed by atoms with Gasteiger partial charge in [0.1, 0.15) is 39.6 Å². The van der Waals surface area contributed by atoms with Crippen LogP contribution < -0.4 is 5.73 Å². The Bertz CT molecular complexity index is 2710. The Balaban J connectivity index is 1.30. The van der Waals surface area contributed by atoms with Crippen LogP contribution in [0.3, 0.4) is 0 Å². The fourth-order valence-corrected chi connectivity index (χ4v) is 7.95. The zero-order valence-corrected chi connectivity index (χ0v) is 36.1. The summed E-state index contributed by atoms with van der Waals surface area (Å²) < 4.78 is 0. The number of aromatic nitrogens is 3. The fourth-order valence-electron chi connectivity index (χ4n) is 7.79. The van der Waals surface area contributed by atoms with E-state index in [0.29, 0.717) is 45.2 Å². The molecule has 7 aromatic rings.